The molecule has 2 aromatic carbocycles. The molecule has 0 saturated heterocycles. The molecule has 5 heteroatoms. The first-order valence-electron chi connectivity index (χ1n) is 8.41. The average molecular weight is 356 g/mol. The summed E-state index contributed by atoms with van der Waals surface area (Å²) < 4.78 is 17.4. The van der Waals surface area contributed by atoms with Crippen molar-refractivity contribution >= 4 is 15.3 Å². The van der Waals surface area contributed by atoms with E-state index in [1.807, 2.05) is 60.7 Å². The van der Waals surface area contributed by atoms with Crippen LogP contribution in [0, 0.1) is 0 Å². The van der Waals surface area contributed by atoms with E-state index in [1.165, 1.54) is 6.08 Å². The fourth-order valence-corrected chi connectivity index (χ4v) is 4.17. The van der Waals surface area contributed by atoms with Gasteiger partial charge in [0.25, 0.3) is 0 Å². The first-order chi connectivity index (χ1) is 12.2. The maximum Gasteiger partial charge on any atom is 0.447 e. The van der Waals surface area contributed by atoms with Crippen LogP contribution in [-0.2, 0) is 9.53 Å². The largest absolute Gasteiger partial charge is 0.514 e. The Morgan fingerprint density at radius 3 is 2.04 bits per heavy atom. The topological polar surface area (TPSA) is 44.8 Å². The molecule has 1 atom stereocenters. The summed E-state index contributed by atoms with van der Waals surface area (Å²) in [5, 5.41) is 0. The number of hydrogen-bond acceptors (Lipinski definition) is 4. The van der Waals surface area contributed by atoms with Gasteiger partial charge in [-0.05, 0) is 37.1 Å². The molecule has 0 aliphatic heterocycles. The highest BCUT2D eigenvalue weighted by molar-refractivity contribution is 6.48. The molecular weight excluding hydrogens is 332 g/mol. The Kier molecular flexibility index (Phi) is 7.79. The van der Waals surface area contributed by atoms with Crippen molar-refractivity contribution in [2.45, 2.75) is 25.3 Å². The Labute approximate surface area is 150 Å². The molecule has 0 aromatic heterocycles. The number of carbonyl (C=O) groups is 1. The summed E-state index contributed by atoms with van der Waals surface area (Å²) in [5.74, 6) is 1.25. The summed E-state index contributed by atoms with van der Waals surface area (Å²) in [6.45, 7) is 5.89. The van der Waals surface area contributed by atoms with Crippen molar-refractivity contribution in [2.75, 3.05) is 6.61 Å². The lowest BCUT2D eigenvalue weighted by Gasteiger charge is -2.24. The quantitative estimate of drug-likeness (QED) is 0.276. The Morgan fingerprint density at radius 2 is 1.56 bits per heavy atom. The van der Waals surface area contributed by atoms with E-state index in [0.29, 0.717) is 6.61 Å². The van der Waals surface area contributed by atoms with Gasteiger partial charge in [-0.25, -0.2) is 4.79 Å². The van der Waals surface area contributed by atoms with E-state index < -0.39 is 9.28 Å². The van der Waals surface area contributed by atoms with Gasteiger partial charge in [0.2, 0.25) is 0 Å². The van der Waals surface area contributed by atoms with E-state index in [-0.39, 0.29) is 11.5 Å². The molecule has 0 radical (unpaired) electrons. The predicted octanol–water partition coefficient (Wildman–Crippen LogP) is 4.26. The van der Waals surface area contributed by atoms with Crippen LogP contribution in [0.25, 0.3) is 0 Å². The van der Waals surface area contributed by atoms with E-state index in [0.717, 1.165) is 24.3 Å². The molecule has 25 heavy (non-hydrogen) atoms. The maximum absolute atomic E-state index is 11.1. The summed E-state index contributed by atoms with van der Waals surface area (Å²) in [5.41, 5.74) is 0.253. The summed E-state index contributed by atoms with van der Waals surface area (Å²) in [7, 11) is -2.02. The zero-order chi connectivity index (χ0) is 17.9. The number of para-hydroxylation sites is 2. The van der Waals surface area contributed by atoms with Crippen LogP contribution in [0.4, 0.5) is 0 Å². The molecule has 0 aliphatic carbocycles. The van der Waals surface area contributed by atoms with Gasteiger partial charge in [0.05, 0.1) is 6.61 Å². The standard InChI is InChI=1S/C20H24O4Si/c1-3-20(21)22-16-10-11-17(2)25(23-18-12-6-4-7-13-18)24-19-14-8-5-9-15-19/h3-9,12-15,17,25H,1,10-11,16H2,2H3. The van der Waals surface area contributed by atoms with E-state index >= 15 is 0 Å². The van der Waals surface area contributed by atoms with E-state index in [2.05, 4.69) is 13.5 Å². The summed E-state index contributed by atoms with van der Waals surface area (Å²) in [6.07, 6.45) is 2.81. The Balaban J connectivity index is 1.95. The van der Waals surface area contributed by atoms with Crippen LogP contribution < -0.4 is 8.85 Å². The zero-order valence-corrected chi connectivity index (χ0v) is 15.6. The second kappa shape index (κ2) is 10.4. The molecule has 0 heterocycles. The minimum absolute atomic E-state index is 0.253. The Bertz CT molecular complexity index is 604. The van der Waals surface area contributed by atoms with Crippen LogP contribution in [0.3, 0.4) is 0 Å². The number of carbonyl (C=O) groups excluding carboxylic acids is 1. The van der Waals surface area contributed by atoms with Crippen molar-refractivity contribution in [1.82, 2.24) is 0 Å². The molecule has 2 rings (SSSR count). The predicted molar refractivity (Wildman–Crippen MR) is 101 cm³/mol. The van der Waals surface area contributed by atoms with E-state index in [4.69, 9.17) is 13.6 Å². The summed E-state index contributed by atoms with van der Waals surface area (Å²) in [6, 6.07) is 19.5. The highest BCUT2D eigenvalue weighted by Crippen LogP contribution is 2.23. The van der Waals surface area contributed by atoms with Crippen molar-refractivity contribution in [2.24, 2.45) is 0 Å². The van der Waals surface area contributed by atoms with Crippen molar-refractivity contribution in [1.29, 1.82) is 0 Å². The van der Waals surface area contributed by atoms with Gasteiger partial charge in [-0.3, -0.25) is 0 Å². The average Bonchev–Trinajstić information content (AvgIpc) is 2.66. The van der Waals surface area contributed by atoms with Gasteiger partial charge in [0, 0.05) is 11.6 Å². The number of ether oxygens (including phenoxy) is 1. The molecule has 0 spiro atoms. The minimum Gasteiger partial charge on any atom is -0.514 e. The highest BCUT2D eigenvalue weighted by Gasteiger charge is 2.26. The number of esters is 1. The number of rotatable bonds is 10. The van der Waals surface area contributed by atoms with Crippen LogP contribution in [0.2, 0.25) is 5.54 Å². The molecule has 0 aliphatic rings. The van der Waals surface area contributed by atoms with E-state index in [9.17, 15) is 4.79 Å². The van der Waals surface area contributed by atoms with E-state index in [1.54, 1.807) is 0 Å². The lowest BCUT2D eigenvalue weighted by atomic mass is 10.2. The SMILES string of the molecule is C=CC(=O)OCCCC(C)[SiH](Oc1ccccc1)Oc1ccccc1. The molecule has 1 unspecified atom stereocenters. The Hall–Kier alpha value is -2.53. The fraction of sp³-hybridized carbons (Fsp3) is 0.250. The monoisotopic (exact) mass is 356 g/mol. The molecule has 0 N–H and O–H groups in total. The van der Waals surface area contributed by atoms with Gasteiger partial charge in [-0.2, -0.15) is 0 Å². The summed E-state index contributed by atoms with van der Waals surface area (Å²) in [4.78, 5) is 11.1. The molecule has 2 aromatic rings. The molecule has 0 fully saturated rings. The molecule has 0 amide bonds. The van der Waals surface area contributed by atoms with Crippen LogP contribution in [0.15, 0.2) is 73.3 Å². The van der Waals surface area contributed by atoms with Crippen LogP contribution >= 0.6 is 0 Å². The van der Waals surface area contributed by atoms with Crippen LogP contribution in [-0.4, -0.2) is 21.9 Å². The third-order valence-corrected chi connectivity index (χ3v) is 5.94. The van der Waals surface area contributed by atoms with Crippen LogP contribution in [0.5, 0.6) is 11.5 Å². The molecule has 132 valence electrons. The molecular formula is C20H24O4Si. The fourth-order valence-electron chi connectivity index (χ4n) is 2.30. The number of benzene rings is 2. The van der Waals surface area contributed by atoms with Gasteiger partial charge in [0.15, 0.2) is 0 Å². The third-order valence-electron chi connectivity index (χ3n) is 3.67. The van der Waals surface area contributed by atoms with Gasteiger partial charge in [-0.1, -0.05) is 49.9 Å². The second-order valence-corrected chi connectivity index (χ2v) is 8.07. The van der Waals surface area contributed by atoms with Gasteiger partial charge in [-0.15, -0.1) is 0 Å². The van der Waals surface area contributed by atoms with Crippen molar-refractivity contribution < 1.29 is 18.4 Å². The molecule has 0 saturated carbocycles. The number of hydrogen-bond donors (Lipinski definition) is 0. The lowest BCUT2D eigenvalue weighted by Crippen LogP contribution is -2.34. The first-order valence-corrected chi connectivity index (χ1v) is 10.0. The van der Waals surface area contributed by atoms with Crippen LogP contribution in [0.1, 0.15) is 19.8 Å². The van der Waals surface area contributed by atoms with Crippen molar-refractivity contribution in [3.8, 4) is 11.5 Å². The van der Waals surface area contributed by atoms with Crippen molar-refractivity contribution in [3.05, 3.63) is 73.3 Å². The first kappa shape index (κ1) is 18.8. The maximum atomic E-state index is 11.1. The summed E-state index contributed by atoms with van der Waals surface area (Å²) >= 11 is 0. The van der Waals surface area contributed by atoms with Gasteiger partial charge < -0.3 is 13.6 Å². The highest BCUT2D eigenvalue weighted by atomic mass is 28.3. The van der Waals surface area contributed by atoms with Crippen molar-refractivity contribution in [3.63, 3.8) is 0 Å². The smallest absolute Gasteiger partial charge is 0.447 e. The molecule has 0 bridgehead atoms. The minimum atomic E-state index is -2.02. The Morgan fingerprint density at radius 1 is 1.04 bits per heavy atom. The van der Waals surface area contributed by atoms with Gasteiger partial charge in [0.1, 0.15) is 11.5 Å². The second-order valence-electron chi connectivity index (χ2n) is 5.72. The third kappa shape index (κ3) is 6.85. The zero-order valence-electron chi connectivity index (χ0n) is 14.5. The molecule has 4 nitrogen and oxygen atoms in total. The van der Waals surface area contributed by atoms with Gasteiger partial charge >= 0.3 is 15.3 Å². The lowest BCUT2D eigenvalue weighted by molar-refractivity contribution is -0.137. The normalized spacial score (nSPS) is 11.6.